The smallest absolute Gasteiger partial charge is 0.325 e. The number of aryl methyl sites for hydroxylation is 1. The molecule has 0 aromatic heterocycles. The Hall–Kier alpha value is -1.55. The van der Waals surface area contributed by atoms with Gasteiger partial charge < -0.3 is 15.7 Å². The third-order valence-electron chi connectivity index (χ3n) is 3.44. The van der Waals surface area contributed by atoms with Crippen LogP contribution in [0, 0.1) is 0 Å². The van der Waals surface area contributed by atoms with E-state index in [1.165, 1.54) is 5.56 Å². The SMILES string of the molecule is CCc1ccccc1N1CCC(N)(C(=O)O)C1. The third-order valence-corrected chi connectivity index (χ3v) is 3.44. The van der Waals surface area contributed by atoms with Crippen LogP contribution < -0.4 is 10.6 Å². The summed E-state index contributed by atoms with van der Waals surface area (Å²) in [6.45, 7) is 3.20. The molecular formula is C13H18N2O2. The number of hydrogen-bond acceptors (Lipinski definition) is 3. The van der Waals surface area contributed by atoms with Crippen molar-refractivity contribution in [1.82, 2.24) is 0 Å². The number of carboxylic acids is 1. The number of carboxylic acid groups (broad SMARTS) is 1. The van der Waals surface area contributed by atoms with Gasteiger partial charge in [0.1, 0.15) is 5.54 Å². The first-order chi connectivity index (χ1) is 8.07. The number of nitrogens with two attached hydrogens (primary N) is 1. The van der Waals surface area contributed by atoms with Crippen molar-refractivity contribution < 1.29 is 9.90 Å². The van der Waals surface area contributed by atoms with Gasteiger partial charge in [-0.15, -0.1) is 0 Å². The molecule has 1 fully saturated rings. The first-order valence-corrected chi connectivity index (χ1v) is 5.92. The van der Waals surface area contributed by atoms with E-state index in [2.05, 4.69) is 17.9 Å². The van der Waals surface area contributed by atoms with Crippen LogP contribution in [0.4, 0.5) is 5.69 Å². The first-order valence-electron chi connectivity index (χ1n) is 5.92. The molecule has 0 spiro atoms. The maximum Gasteiger partial charge on any atom is 0.325 e. The quantitative estimate of drug-likeness (QED) is 0.825. The Balaban J connectivity index is 2.23. The van der Waals surface area contributed by atoms with Crippen LogP contribution in [0.15, 0.2) is 24.3 Å². The van der Waals surface area contributed by atoms with Gasteiger partial charge in [-0.2, -0.15) is 0 Å². The van der Waals surface area contributed by atoms with Crippen molar-refractivity contribution in [3.8, 4) is 0 Å². The normalized spacial score (nSPS) is 24.0. The van der Waals surface area contributed by atoms with E-state index >= 15 is 0 Å². The molecule has 1 heterocycles. The van der Waals surface area contributed by atoms with Crippen molar-refractivity contribution in [2.45, 2.75) is 25.3 Å². The number of nitrogens with zero attached hydrogens (tertiary/aromatic N) is 1. The number of rotatable bonds is 3. The Morgan fingerprint density at radius 2 is 2.24 bits per heavy atom. The summed E-state index contributed by atoms with van der Waals surface area (Å²) in [7, 11) is 0. The highest BCUT2D eigenvalue weighted by Gasteiger charge is 2.41. The molecular weight excluding hydrogens is 216 g/mol. The largest absolute Gasteiger partial charge is 0.480 e. The van der Waals surface area contributed by atoms with E-state index in [0.717, 1.165) is 12.1 Å². The van der Waals surface area contributed by atoms with E-state index in [1.54, 1.807) is 0 Å². The van der Waals surface area contributed by atoms with Gasteiger partial charge in [-0.05, 0) is 24.5 Å². The summed E-state index contributed by atoms with van der Waals surface area (Å²) in [5.74, 6) is -0.908. The number of aliphatic carboxylic acids is 1. The maximum absolute atomic E-state index is 11.1. The van der Waals surface area contributed by atoms with Crippen molar-refractivity contribution in [2.24, 2.45) is 5.73 Å². The summed E-state index contributed by atoms with van der Waals surface area (Å²) in [4.78, 5) is 13.2. The molecule has 4 nitrogen and oxygen atoms in total. The van der Waals surface area contributed by atoms with Crippen molar-refractivity contribution in [2.75, 3.05) is 18.0 Å². The fourth-order valence-electron chi connectivity index (χ4n) is 2.33. The van der Waals surface area contributed by atoms with Crippen LogP contribution in [0.25, 0.3) is 0 Å². The van der Waals surface area contributed by atoms with Gasteiger partial charge in [-0.25, -0.2) is 0 Å². The average molecular weight is 234 g/mol. The molecule has 1 saturated heterocycles. The zero-order valence-corrected chi connectivity index (χ0v) is 10.0. The van der Waals surface area contributed by atoms with Crippen LogP contribution in [-0.4, -0.2) is 29.7 Å². The highest BCUT2D eigenvalue weighted by molar-refractivity contribution is 5.80. The van der Waals surface area contributed by atoms with Gasteiger partial charge >= 0.3 is 5.97 Å². The molecule has 1 aliphatic heterocycles. The molecule has 0 saturated carbocycles. The van der Waals surface area contributed by atoms with E-state index in [-0.39, 0.29) is 0 Å². The van der Waals surface area contributed by atoms with Gasteiger partial charge in [0.25, 0.3) is 0 Å². The Bertz CT molecular complexity index is 433. The lowest BCUT2D eigenvalue weighted by Crippen LogP contribution is -2.50. The van der Waals surface area contributed by atoms with Crippen LogP contribution in [0.1, 0.15) is 18.9 Å². The standard InChI is InChI=1S/C13H18N2O2/c1-2-10-5-3-4-6-11(10)15-8-7-13(14,9-15)12(16)17/h3-6H,2,7-9,14H2,1H3,(H,16,17). The minimum atomic E-state index is -1.10. The van der Waals surface area contributed by atoms with E-state index < -0.39 is 11.5 Å². The Kier molecular flexibility index (Phi) is 3.07. The molecule has 1 unspecified atom stereocenters. The summed E-state index contributed by atoms with van der Waals surface area (Å²) in [5, 5.41) is 9.11. The number of hydrogen-bond donors (Lipinski definition) is 2. The molecule has 1 atom stereocenters. The summed E-state index contributed by atoms with van der Waals surface area (Å²) in [6.07, 6.45) is 1.44. The molecule has 3 N–H and O–H groups in total. The molecule has 1 aromatic rings. The van der Waals surface area contributed by atoms with Gasteiger partial charge in [-0.3, -0.25) is 4.79 Å². The van der Waals surface area contributed by atoms with E-state index in [4.69, 9.17) is 10.8 Å². The molecule has 0 bridgehead atoms. The number of para-hydroxylation sites is 1. The van der Waals surface area contributed by atoms with Crippen LogP contribution in [0.2, 0.25) is 0 Å². The van der Waals surface area contributed by atoms with Crippen molar-refractivity contribution in [3.63, 3.8) is 0 Å². The predicted octanol–water partition coefficient (Wildman–Crippen LogP) is 1.24. The van der Waals surface area contributed by atoms with Crippen molar-refractivity contribution >= 4 is 11.7 Å². The minimum absolute atomic E-state index is 0.388. The average Bonchev–Trinajstić information content (AvgIpc) is 2.73. The topological polar surface area (TPSA) is 66.6 Å². The second-order valence-corrected chi connectivity index (χ2v) is 4.62. The zero-order chi connectivity index (χ0) is 12.5. The molecule has 0 radical (unpaired) electrons. The van der Waals surface area contributed by atoms with Gasteiger partial charge in [0, 0.05) is 18.8 Å². The Morgan fingerprint density at radius 1 is 1.53 bits per heavy atom. The molecule has 4 heteroatoms. The monoisotopic (exact) mass is 234 g/mol. The van der Waals surface area contributed by atoms with E-state index in [1.807, 2.05) is 18.2 Å². The van der Waals surface area contributed by atoms with E-state index in [0.29, 0.717) is 19.5 Å². The van der Waals surface area contributed by atoms with Gasteiger partial charge in [0.15, 0.2) is 0 Å². The first kappa shape index (κ1) is 11.9. The van der Waals surface area contributed by atoms with E-state index in [9.17, 15) is 4.79 Å². The Morgan fingerprint density at radius 3 is 2.82 bits per heavy atom. The van der Waals surface area contributed by atoms with Gasteiger partial charge in [0.2, 0.25) is 0 Å². The molecule has 92 valence electrons. The van der Waals surface area contributed by atoms with Crippen LogP contribution in [0.3, 0.4) is 0 Å². The van der Waals surface area contributed by atoms with Crippen LogP contribution in [-0.2, 0) is 11.2 Å². The number of carbonyl (C=O) groups is 1. The van der Waals surface area contributed by atoms with Gasteiger partial charge in [0.05, 0.1) is 0 Å². The highest BCUT2D eigenvalue weighted by Crippen LogP contribution is 2.28. The lowest BCUT2D eigenvalue weighted by Gasteiger charge is -2.23. The van der Waals surface area contributed by atoms with Crippen molar-refractivity contribution in [3.05, 3.63) is 29.8 Å². The molecule has 2 rings (SSSR count). The zero-order valence-electron chi connectivity index (χ0n) is 10.0. The number of anilines is 1. The fraction of sp³-hybridized carbons (Fsp3) is 0.462. The fourth-order valence-corrected chi connectivity index (χ4v) is 2.33. The highest BCUT2D eigenvalue weighted by atomic mass is 16.4. The van der Waals surface area contributed by atoms with Crippen molar-refractivity contribution in [1.29, 1.82) is 0 Å². The van der Waals surface area contributed by atoms with Crippen LogP contribution in [0.5, 0.6) is 0 Å². The second kappa shape index (κ2) is 4.37. The third kappa shape index (κ3) is 2.13. The summed E-state index contributed by atoms with van der Waals surface area (Å²) in [6, 6.07) is 8.09. The summed E-state index contributed by atoms with van der Waals surface area (Å²) < 4.78 is 0. The maximum atomic E-state index is 11.1. The minimum Gasteiger partial charge on any atom is -0.480 e. The molecule has 17 heavy (non-hydrogen) atoms. The van der Waals surface area contributed by atoms with Gasteiger partial charge in [-0.1, -0.05) is 25.1 Å². The molecule has 1 aromatic carbocycles. The molecule has 0 amide bonds. The lowest BCUT2D eigenvalue weighted by atomic mass is 10.0. The molecule has 1 aliphatic rings. The second-order valence-electron chi connectivity index (χ2n) is 4.62. The Labute approximate surface area is 101 Å². The van der Waals surface area contributed by atoms with Crippen LogP contribution >= 0.6 is 0 Å². The lowest BCUT2D eigenvalue weighted by molar-refractivity contribution is -0.142. The summed E-state index contributed by atoms with van der Waals surface area (Å²) >= 11 is 0. The number of benzene rings is 1. The predicted molar refractivity (Wildman–Crippen MR) is 67.2 cm³/mol. The summed E-state index contributed by atoms with van der Waals surface area (Å²) in [5.41, 5.74) is 7.14. The molecule has 0 aliphatic carbocycles.